The molecule has 43 heavy (non-hydrogen) atoms. The highest BCUT2D eigenvalue weighted by Crippen LogP contribution is 2.30. The zero-order chi connectivity index (χ0) is 30.5. The Labute approximate surface area is 252 Å². The highest BCUT2D eigenvalue weighted by molar-refractivity contribution is 7.09. The van der Waals surface area contributed by atoms with Crippen molar-refractivity contribution in [3.63, 3.8) is 0 Å². The van der Waals surface area contributed by atoms with Crippen molar-refractivity contribution in [1.82, 2.24) is 24.4 Å². The maximum absolute atomic E-state index is 14.2. The number of hydrogen-bond acceptors (Lipinski definition) is 8. The number of pyridine rings is 1. The van der Waals surface area contributed by atoms with E-state index in [0.717, 1.165) is 65.1 Å². The van der Waals surface area contributed by atoms with E-state index in [1.807, 2.05) is 24.6 Å². The first kappa shape index (κ1) is 29.8. The van der Waals surface area contributed by atoms with E-state index in [2.05, 4.69) is 32.6 Å². The second-order valence-electron chi connectivity index (χ2n) is 10.5. The molecule has 1 aromatic carbocycles. The average Bonchev–Trinajstić information content (AvgIpc) is 3.58. The van der Waals surface area contributed by atoms with Gasteiger partial charge in [0, 0.05) is 33.7 Å². The Kier molecular flexibility index (Phi) is 9.09. The maximum atomic E-state index is 14.2. The van der Waals surface area contributed by atoms with Crippen molar-refractivity contribution in [2.75, 3.05) is 19.7 Å². The summed E-state index contributed by atoms with van der Waals surface area (Å²) in [6.45, 7) is 11.9. The van der Waals surface area contributed by atoms with Crippen molar-refractivity contribution in [2.24, 2.45) is 0 Å². The molecule has 0 radical (unpaired) electrons. The quantitative estimate of drug-likeness (QED) is 0.160. The topological polar surface area (TPSA) is 117 Å². The summed E-state index contributed by atoms with van der Waals surface area (Å²) in [6, 6.07) is 12.4. The number of aryl methyl sites for hydroxylation is 1. The number of allylic oxidation sites excluding steroid dienone is 2. The molecule has 0 amide bonds. The van der Waals surface area contributed by atoms with Crippen LogP contribution in [0.2, 0.25) is 0 Å². The van der Waals surface area contributed by atoms with Gasteiger partial charge in [-0.25, -0.2) is 24.1 Å². The molecule has 0 saturated carbocycles. The van der Waals surface area contributed by atoms with Crippen molar-refractivity contribution in [3.05, 3.63) is 106 Å². The average molecular weight is 599 g/mol. The summed E-state index contributed by atoms with van der Waals surface area (Å²) in [5.41, 5.74) is 5.62. The van der Waals surface area contributed by atoms with E-state index >= 15 is 0 Å². The predicted octanol–water partition coefficient (Wildman–Crippen LogP) is 6.19. The lowest BCUT2D eigenvalue weighted by Crippen LogP contribution is -2.33. The number of piperidine rings is 1. The minimum Gasteiger partial charge on any atom is -0.478 e. The number of carbonyl (C=O) groups is 1. The lowest BCUT2D eigenvalue weighted by atomic mass is 9.93. The van der Waals surface area contributed by atoms with Crippen LogP contribution in [0.3, 0.4) is 0 Å². The fourth-order valence-electron chi connectivity index (χ4n) is 5.07. The molecule has 4 aromatic rings. The summed E-state index contributed by atoms with van der Waals surface area (Å²) in [5, 5.41) is 18.3. The number of halogens is 1. The number of thiazole rings is 1. The molecule has 1 fully saturated rings. The normalized spacial score (nSPS) is 14.5. The molecule has 3 aromatic heterocycles. The largest absolute Gasteiger partial charge is 0.478 e. The van der Waals surface area contributed by atoms with Crippen LogP contribution in [0.4, 0.5) is 4.39 Å². The molecule has 0 spiro atoms. The van der Waals surface area contributed by atoms with Crippen LogP contribution in [0.15, 0.2) is 78.1 Å². The third-order valence-corrected chi connectivity index (χ3v) is 8.43. The Morgan fingerprint density at radius 1 is 1.23 bits per heavy atom. The Morgan fingerprint density at radius 2 is 2.02 bits per heavy atom. The number of rotatable bonds is 11. The van der Waals surface area contributed by atoms with Gasteiger partial charge in [0.15, 0.2) is 0 Å². The molecule has 220 valence electrons. The fraction of sp³-hybridized carbons (Fsp3) is 0.281. The molecule has 5 rings (SSSR count). The molecule has 1 N–H and O–H groups in total. The number of imidazole rings is 1. The molecule has 11 heteroatoms. The Morgan fingerprint density at radius 3 is 2.72 bits per heavy atom. The van der Waals surface area contributed by atoms with Gasteiger partial charge in [-0.2, -0.15) is 5.26 Å². The molecule has 0 unspecified atom stereocenters. The van der Waals surface area contributed by atoms with Crippen LogP contribution in [0, 0.1) is 18.3 Å². The van der Waals surface area contributed by atoms with E-state index in [-0.39, 0.29) is 29.2 Å². The van der Waals surface area contributed by atoms with Gasteiger partial charge in [-0.15, -0.1) is 11.3 Å². The summed E-state index contributed by atoms with van der Waals surface area (Å²) in [6.07, 6.45) is 2.83. The molecule has 0 aliphatic carbocycles. The third-order valence-electron chi connectivity index (χ3n) is 7.51. The standard InChI is InChI=1S/C32H31FN6O3S/c1-20(15-34)13-25(33)21(2)18-42-31-6-4-5-26(37-31)23-9-11-38(12-10-23)17-30-36-27-8-7-24(32(40)41)14-28(27)39(30)16-29-22(3)35-19-43-29/h4-8,13-14,19,23H,1-2,9-12,16-18H2,3H3,(H,40,41)/b25-13+. The number of aromatic carboxylic acids is 1. The fourth-order valence-corrected chi connectivity index (χ4v) is 5.83. The number of nitriles is 1. The van der Waals surface area contributed by atoms with Crippen molar-refractivity contribution in [1.29, 1.82) is 5.26 Å². The molecular formula is C32H31FN6O3S. The molecule has 0 atom stereocenters. The minimum absolute atomic E-state index is 0.00425. The first-order chi connectivity index (χ1) is 20.7. The first-order valence-electron chi connectivity index (χ1n) is 13.8. The van der Waals surface area contributed by atoms with E-state index in [0.29, 0.717) is 19.0 Å². The van der Waals surface area contributed by atoms with Crippen molar-refractivity contribution in [2.45, 2.75) is 38.8 Å². The molecule has 4 heterocycles. The van der Waals surface area contributed by atoms with E-state index in [9.17, 15) is 14.3 Å². The lowest BCUT2D eigenvalue weighted by Gasteiger charge is -2.31. The van der Waals surface area contributed by atoms with Crippen molar-refractivity contribution >= 4 is 28.3 Å². The van der Waals surface area contributed by atoms with Crippen LogP contribution in [-0.4, -0.2) is 55.2 Å². The summed E-state index contributed by atoms with van der Waals surface area (Å²) in [4.78, 5) is 29.1. The number of carboxylic acids is 1. The van der Waals surface area contributed by atoms with Gasteiger partial charge >= 0.3 is 5.97 Å². The van der Waals surface area contributed by atoms with E-state index in [1.54, 1.807) is 41.7 Å². The Balaban J connectivity index is 1.25. The Hall–Kier alpha value is -4.66. The second-order valence-corrected chi connectivity index (χ2v) is 11.4. The van der Waals surface area contributed by atoms with Gasteiger partial charge in [-0.3, -0.25) is 4.90 Å². The van der Waals surface area contributed by atoms with Gasteiger partial charge in [0.2, 0.25) is 5.88 Å². The molecule has 0 bridgehead atoms. The van der Waals surface area contributed by atoms with Crippen molar-refractivity contribution in [3.8, 4) is 11.9 Å². The Bertz CT molecular complexity index is 1760. The monoisotopic (exact) mass is 598 g/mol. The molecule has 9 nitrogen and oxygen atoms in total. The zero-order valence-electron chi connectivity index (χ0n) is 23.8. The second kappa shape index (κ2) is 13.1. The van der Waals surface area contributed by atoms with Gasteiger partial charge in [-0.1, -0.05) is 19.2 Å². The number of hydrogen-bond donors (Lipinski definition) is 1. The first-order valence-corrected chi connectivity index (χ1v) is 14.7. The highest BCUT2D eigenvalue weighted by atomic mass is 32.1. The van der Waals surface area contributed by atoms with Crippen LogP contribution in [-0.2, 0) is 13.1 Å². The minimum atomic E-state index is -0.967. The van der Waals surface area contributed by atoms with Gasteiger partial charge in [-0.05, 0) is 63.2 Å². The number of fused-ring (bicyclic) bond motifs is 1. The van der Waals surface area contributed by atoms with Crippen LogP contribution < -0.4 is 4.74 Å². The lowest BCUT2D eigenvalue weighted by molar-refractivity contribution is 0.0697. The molecule has 1 saturated heterocycles. The number of nitrogens with zero attached hydrogens (tertiary/aromatic N) is 6. The van der Waals surface area contributed by atoms with Gasteiger partial charge in [0.25, 0.3) is 0 Å². The molecular weight excluding hydrogens is 567 g/mol. The number of aromatic nitrogens is 4. The zero-order valence-corrected chi connectivity index (χ0v) is 24.6. The summed E-state index contributed by atoms with van der Waals surface area (Å²) in [7, 11) is 0. The maximum Gasteiger partial charge on any atom is 0.335 e. The van der Waals surface area contributed by atoms with Crippen LogP contribution in [0.25, 0.3) is 11.0 Å². The summed E-state index contributed by atoms with van der Waals surface area (Å²) >= 11 is 1.58. The van der Waals surface area contributed by atoms with E-state index in [1.165, 1.54) is 0 Å². The SMILES string of the molecule is C=C(C#N)/C=C(/F)C(=C)COc1cccc(C2CCN(Cc3nc4ccc(C(=O)O)cc4n3Cc3scnc3C)CC2)n1. The number of carboxylic acid groups (broad SMARTS) is 1. The van der Waals surface area contributed by atoms with Crippen LogP contribution in [0.1, 0.15) is 51.2 Å². The number of ether oxygens (including phenoxy) is 1. The number of benzene rings is 1. The summed E-state index contributed by atoms with van der Waals surface area (Å²) < 4.78 is 22.0. The third kappa shape index (κ3) is 7.05. The smallest absolute Gasteiger partial charge is 0.335 e. The van der Waals surface area contributed by atoms with Crippen molar-refractivity contribution < 1.29 is 19.0 Å². The van der Waals surface area contributed by atoms with E-state index in [4.69, 9.17) is 15.0 Å². The van der Waals surface area contributed by atoms with Crippen LogP contribution in [0.5, 0.6) is 5.88 Å². The number of likely N-dealkylation sites (tertiary alicyclic amines) is 1. The summed E-state index contributed by atoms with van der Waals surface area (Å²) in [5.74, 6) is -0.0902. The molecule has 1 aliphatic heterocycles. The van der Waals surface area contributed by atoms with Gasteiger partial charge < -0.3 is 14.4 Å². The van der Waals surface area contributed by atoms with E-state index < -0.39 is 11.8 Å². The highest BCUT2D eigenvalue weighted by Gasteiger charge is 2.24. The predicted molar refractivity (Wildman–Crippen MR) is 163 cm³/mol. The molecule has 1 aliphatic rings. The van der Waals surface area contributed by atoms with Gasteiger partial charge in [0.1, 0.15) is 18.3 Å². The van der Waals surface area contributed by atoms with Crippen LogP contribution >= 0.6 is 11.3 Å². The van der Waals surface area contributed by atoms with Gasteiger partial charge in [0.05, 0.1) is 47.0 Å².